The summed E-state index contributed by atoms with van der Waals surface area (Å²) in [6.45, 7) is 4.17. The number of aromatic nitrogens is 2. The Bertz CT molecular complexity index is 997. The molecule has 0 saturated carbocycles. The van der Waals surface area contributed by atoms with Gasteiger partial charge < -0.3 is 15.2 Å². The van der Waals surface area contributed by atoms with Gasteiger partial charge in [-0.05, 0) is 38.1 Å². The highest BCUT2D eigenvalue weighted by Crippen LogP contribution is 2.22. The second-order valence-electron chi connectivity index (χ2n) is 6.77. The first-order valence-electron chi connectivity index (χ1n) is 9.15. The summed E-state index contributed by atoms with van der Waals surface area (Å²) in [5.74, 6) is 0.832. The zero-order valence-corrected chi connectivity index (χ0v) is 17.0. The first kappa shape index (κ1) is 19.9. The number of benzene rings is 2. The number of fused-ring (bicyclic) bond motifs is 1. The number of para-hydroxylation sites is 2. The normalized spacial score (nSPS) is 11.0. The van der Waals surface area contributed by atoms with Crippen LogP contribution in [0.25, 0.3) is 11.0 Å². The van der Waals surface area contributed by atoms with Crippen LogP contribution in [0.2, 0.25) is 0 Å². The van der Waals surface area contributed by atoms with Crippen molar-refractivity contribution in [3.05, 3.63) is 59.9 Å². The lowest BCUT2D eigenvalue weighted by Crippen LogP contribution is -2.31. The minimum atomic E-state index is -0.181. The second-order valence-corrected chi connectivity index (χ2v) is 7.78. The van der Waals surface area contributed by atoms with E-state index in [-0.39, 0.29) is 23.6 Å². The van der Waals surface area contributed by atoms with Crippen LogP contribution in [0.5, 0.6) is 0 Å². The van der Waals surface area contributed by atoms with Crippen LogP contribution in [0.1, 0.15) is 30.0 Å². The lowest BCUT2D eigenvalue weighted by atomic mass is 10.2. The molecule has 3 rings (SSSR count). The van der Waals surface area contributed by atoms with Crippen molar-refractivity contribution in [2.75, 3.05) is 5.75 Å². The van der Waals surface area contributed by atoms with Crippen LogP contribution in [0.4, 0.5) is 0 Å². The molecule has 0 spiro atoms. The predicted octanol–water partition coefficient (Wildman–Crippen LogP) is 3.12. The fraction of sp³-hybridized carbons (Fsp3) is 0.286. The van der Waals surface area contributed by atoms with Crippen molar-refractivity contribution in [3.63, 3.8) is 0 Å². The summed E-state index contributed by atoms with van der Waals surface area (Å²) in [4.78, 5) is 30.0. The van der Waals surface area contributed by atoms with Crippen LogP contribution >= 0.6 is 11.8 Å². The minimum absolute atomic E-state index is 0.0464. The fourth-order valence-electron chi connectivity index (χ4n) is 2.90. The molecule has 0 fully saturated rings. The standard InChI is InChI=1S/C21H24N4O2S/c1-14(2)23-20(26)13-28-18-11-7-4-8-15(18)21(27)22-12-19-24-16-9-5-6-10-17(16)25(19)3/h4-11,14H,12-13H2,1-3H3,(H,22,27)(H,23,26). The number of nitrogens with one attached hydrogen (secondary N) is 2. The van der Waals surface area contributed by atoms with Crippen LogP contribution < -0.4 is 10.6 Å². The SMILES string of the molecule is CC(C)NC(=O)CSc1ccccc1C(=O)NCc1nc2ccccc2n1C. The van der Waals surface area contributed by atoms with Gasteiger partial charge in [-0.2, -0.15) is 0 Å². The van der Waals surface area contributed by atoms with E-state index >= 15 is 0 Å². The van der Waals surface area contributed by atoms with Crippen LogP contribution in [0, 0.1) is 0 Å². The maximum absolute atomic E-state index is 12.7. The molecular formula is C21H24N4O2S. The molecule has 28 heavy (non-hydrogen) atoms. The van der Waals surface area contributed by atoms with Crippen LogP contribution in [0.15, 0.2) is 53.4 Å². The van der Waals surface area contributed by atoms with E-state index in [0.717, 1.165) is 21.8 Å². The summed E-state index contributed by atoms with van der Waals surface area (Å²) in [5, 5.41) is 5.80. The van der Waals surface area contributed by atoms with Crippen molar-refractivity contribution in [2.45, 2.75) is 31.3 Å². The zero-order valence-electron chi connectivity index (χ0n) is 16.2. The topological polar surface area (TPSA) is 76.0 Å². The van der Waals surface area contributed by atoms with Crippen molar-refractivity contribution in [1.29, 1.82) is 0 Å². The van der Waals surface area contributed by atoms with E-state index < -0.39 is 0 Å². The summed E-state index contributed by atoms with van der Waals surface area (Å²) in [6, 6.07) is 15.3. The van der Waals surface area contributed by atoms with E-state index in [1.165, 1.54) is 11.8 Å². The van der Waals surface area contributed by atoms with Crippen molar-refractivity contribution >= 4 is 34.6 Å². The molecule has 2 N–H and O–H groups in total. The third-order valence-electron chi connectivity index (χ3n) is 4.23. The van der Waals surface area contributed by atoms with Gasteiger partial charge in [-0.25, -0.2) is 4.98 Å². The molecule has 0 unspecified atom stereocenters. The first-order valence-corrected chi connectivity index (χ1v) is 10.1. The molecule has 0 radical (unpaired) electrons. The molecule has 1 aromatic heterocycles. The van der Waals surface area contributed by atoms with E-state index in [1.54, 1.807) is 6.07 Å². The number of aryl methyl sites for hydroxylation is 1. The number of hydrogen-bond donors (Lipinski definition) is 2. The van der Waals surface area contributed by atoms with E-state index in [1.807, 2.05) is 67.9 Å². The molecule has 2 amide bonds. The van der Waals surface area contributed by atoms with Crippen LogP contribution in [-0.2, 0) is 18.4 Å². The van der Waals surface area contributed by atoms with Gasteiger partial charge in [0.2, 0.25) is 5.91 Å². The Morgan fingerprint density at radius 3 is 2.57 bits per heavy atom. The highest BCUT2D eigenvalue weighted by atomic mass is 32.2. The van der Waals surface area contributed by atoms with E-state index in [2.05, 4.69) is 15.6 Å². The summed E-state index contributed by atoms with van der Waals surface area (Å²) in [7, 11) is 1.94. The Balaban J connectivity index is 1.67. The van der Waals surface area contributed by atoms with Crippen LogP contribution in [0.3, 0.4) is 0 Å². The number of carbonyl (C=O) groups excluding carboxylic acids is 2. The van der Waals surface area contributed by atoms with Gasteiger partial charge in [0.15, 0.2) is 0 Å². The van der Waals surface area contributed by atoms with E-state index in [0.29, 0.717) is 12.1 Å². The highest BCUT2D eigenvalue weighted by Gasteiger charge is 2.14. The van der Waals surface area contributed by atoms with Crippen molar-refractivity contribution in [3.8, 4) is 0 Å². The molecule has 0 aliphatic heterocycles. The quantitative estimate of drug-likeness (QED) is 0.602. The molecule has 0 bridgehead atoms. The molecule has 0 aliphatic carbocycles. The predicted molar refractivity (Wildman–Crippen MR) is 112 cm³/mol. The number of imidazole rings is 1. The molecule has 2 aromatic carbocycles. The van der Waals surface area contributed by atoms with Crippen LogP contribution in [-0.4, -0.2) is 33.2 Å². The second kappa shape index (κ2) is 8.93. The average Bonchev–Trinajstić information content (AvgIpc) is 3.00. The molecule has 146 valence electrons. The zero-order chi connectivity index (χ0) is 20.1. The maximum atomic E-state index is 12.7. The van der Waals surface area contributed by atoms with Gasteiger partial charge in [0, 0.05) is 18.0 Å². The lowest BCUT2D eigenvalue weighted by molar-refractivity contribution is -0.119. The van der Waals surface area contributed by atoms with Gasteiger partial charge in [-0.15, -0.1) is 11.8 Å². The number of rotatable bonds is 7. The van der Waals surface area contributed by atoms with Crippen molar-refractivity contribution < 1.29 is 9.59 Å². The third-order valence-corrected chi connectivity index (χ3v) is 5.30. The number of hydrogen-bond acceptors (Lipinski definition) is 4. The van der Waals surface area contributed by atoms with Gasteiger partial charge in [0.25, 0.3) is 5.91 Å². The van der Waals surface area contributed by atoms with Gasteiger partial charge in [0.05, 0.1) is 28.9 Å². The van der Waals surface area contributed by atoms with Gasteiger partial charge in [0.1, 0.15) is 5.82 Å². The monoisotopic (exact) mass is 396 g/mol. The number of carbonyl (C=O) groups is 2. The Morgan fingerprint density at radius 1 is 1.11 bits per heavy atom. The molecule has 3 aromatic rings. The maximum Gasteiger partial charge on any atom is 0.252 e. The molecule has 7 heteroatoms. The molecular weight excluding hydrogens is 372 g/mol. The van der Waals surface area contributed by atoms with E-state index in [4.69, 9.17) is 0 Å². The Hall–Kier alpha value is -2.80. The largest absolute Gasteiger partial charge is 0.353 e. The minimum Gasteiger partial charge on any atom is -0.353 e. The fourth-order valence-corrected chi connectivity index (χ4v) is 3.76. The number of nitrogens with zero attached hydrogens (tertiary/aromatic N) is 2. The van der Waals surface area contributed by atoms with Gasteiger partial charge in [-0.1, -0.05) is 24.3 Å². The summed E-state index contributed by atoms with van der Waals surface area (Å²) < 4.78 is 1.98. The average molecular weight is 397 g/mol. The molecule has 0 atom stereocenters. The molecule has 1 heterocycles. The number of amides is 2. The molecule has 0 aliphatic rings. The Kier molecular flexibility index (Phi) is 6.36. The smallest absolute Gasteiger partial charge is 0.252 e. The Morgan fingerprint density at radius 2 is 1.82 bits per heavy atom. The first-order chi connectivity index (χ1) is 13.5. The number of thioether (sulfide) groups is 1. The van der Waals surface area contributed by atoms with E-state index in [9.17, 15) is 9.59 Å². The Labute approximate surface area is 168 Å². The summed E-state index contributed by atoms with van der Waals surface area (Å²) in [6.07, 6.45) is 0. The van der Waals surface area contributed by atoms with Crippen molar-refractivity contribution in [1.82, 2.24) is 20.2 Å². The summed E-state index contributed by atoms with van der Waals surface area (Å²) >= 11 is 1.36. The third kappa shape index (κ3) is 4.72. The molecule has 6 nitrogen and oxygen atoms in total. The highest BCUT2D eigenvalue weighted by molar-refractivity contribution is 8.00. The summed E-state index contributed by atoms with van der Waals surface area (Å²) in [5.41, 5.74) is 2.49. The lowest BCUT2D eigenvalue weighted by Gasteiger charge is -2.11. The van der Waals surface area contributed by atoms with Gasteiger partial charge >= 0.3 is 0 Å². The van der Waals surface area contributed by atoms with Gasteiger partial charge in [-0.3, -0.25) is 9.59 Å². The van der Waals surface area contributed by atoms with Crippen molar-refractivity contribution in [2.24, 2.45) is 7.05 Å². The molecule has 0 saturated heterocycles.